The van der Waals surface area contributed by atoms with Gasteiger partial charge in [-0.25, -0.2) is 8.42 Å². The standard InChI is InChI=1S/C15H21NO4S/c1-20-8-7-16-11-13(10-15(16)17)9-12-3-5-14(6-4-12)21(2,18)19/h3-6,13H,7-11H2,1-2H3. The predicted octanol–water partition coefficient (Wildman–Crippen LogP) is 1.13. The summed E-state index contributed by atoms with van der Waals surface area (Å²) in [5.74, 6) is 0.461. The van der Waals surface area contributed by atoms with E-state index in [-0.39, 0.29) is 5.91 Å². The molecule has 1 saturated heterocycles. The summed E-state index contributed by atoms with van der Waals surface area (Å²) in [6, 6.07) is 6.92. The maximum Gasteiger partial charge on any atom is 0.223 e. The summed E-state index contributed by atoms with van der Waals surface area (Å²) < 4.78 is 27.8. The predicted molar refractivity (Wildman–Crippen MR) is 79.8 cm³/mol. The van der Waals surface area contributed by atoms with Crippen molar-refractivity contribution in [1.82, 2.24) is 4.90 Å². The first-order valence-corrected chi connectivity index (χ1v) is 8.85. The molecule has 1 aliphatic heterocycles. The van der Waals surface area contributed by atoms with Crippen molar-refractivity contribution < 1.29 is 17.9 Å². The molecule has 1 atom stereocenters. The van der Waals surface area contributed by atoms with E-state index < -0.39 is 9.84 Å². The Kier molecular flexibility index (Phi) is 5.00. The van der Waals surface area contributed by atoms with Crippen molar-refractivity contribution in [3.63, 3.8) is 0 Å². The highest BCUT2D eigenvalue weighted by Crippen LogP contribution is 2.22. The molecule has 1 aromatic rings. The summed E-state index contributed by atoms with van der Waals surface area (Å²) in [4.78, 5) is 14.0. The van der Waals surface area contributed by atoms with E-state index in [9.17, 15) is 13.2 Å². The number of amides is 1. The second-order valence-corrected chi connectivity index (χ2v) is 7.54. The summed E-state index contributed by atoms with van der Waals surface area (Å²) in [7, 11) is -1.52. The Balaban J connectivity index is 1.95. The summed E-state index contributed by atoms with van der Waals surface area (Å²) >= 11 is 0. The van der Waals surface area contributed by atoms with Gasteiger partial charge in [0, 0.05) is 32.9 Å². The Hall–Kier alpha value is -1.40. The molecule has 0 N–H and O–H groups in total. The zero-order chi connectivity index (χ0) is 15.5. The average Bonchev–Trinajstić information content (AvgIpc) is 2.76. The first-order chi connectivity index (χ1) is 9.90. The van der Waals surface area contributed by atoms with E-state index in [4.69, 9.17) is 4.74 Å². The van der Waals surface area contributed by atoms with Crippen LogP contribution >= 0.6 is 0 Å². The molecule has 5 nitrogen and oxygen atoms in total. The van der Waals surface area contributed by atoms with Crippen LogP contribution in [0.3, 0.4) is 0 Å². The average molecular weight is 311 g/mol. The Morgan fingerprint density at radius 1 is 1.29 bits per heavy atom. The van der Waals surface area contributed by atoms with Crippen molar-refractivity contribution >= 4 is 15.7 Å². The summed E-state index contributed by atoms with van der Waals surface area (Å²) in [6.07, 6.45) is 2.54. The summed E-state index contributed by atoms with van der Waals surface area (Å²) in [5, 5.41) is 0. The molecule has 0 aliphatic carbocycles. The van der Waals surface area contributed by atoms with Crippen LogP contribution in [0.2, 0.25) is 0 Å². The lowest BCUT2D eigenvalue weighted by Crippen LogP contribution is -2.28. The molecular formula is C15H21NO4S. The van der Waals surface area contributed by atoms with Gasteiger partial charge in [-0.3, -0.25) is 4.79 Å². The summed E-state index contributed by atoms with van der Waals surface area (Å²) in [6.45, 7) is 1.94. The van der Waals surface area contributed by atoms with Crippen molar-refractivity contribution in [2.24, 2.45) is 5.92 Å². The highest BCUT2D eigenvalue weighted by molar-refractivity contribution is 7.90. The van der Waals surface area contributed by atoms with Gasteiger partial charge in [-0.1, -0.05) is 12.1 Å². The number of likely N-dealkylation sites (tertiary alicyclic amines) is 1. The molecule has 21 heavy (non-hydrogen) atoms. The Morgan fingerprint density at radius 3 is 2.52 bits per heavy atom. The first kappa shape index (κ1) is 16.0. The maximum absolute atomic E-state index is 11.9. The van der Waals surface area contributed by atoms with Crippen molar-refractivity contribution in [3.8, 4) is 0 Å². The minimum Gasteiger partial charge on any atom is -0.383 e. The molecule has 1 unspecified atom stereocenters. The Bertz CT molecular complexity index is 595. The van der Waals surface area contributed by atoms with E-state index in [2.05, 4.69) is 0 Å². The fourth-order valence-electron chi connectivity index (χ4n) is 2.61. The molecule has 0 saturated carbocycles. The topological polar surface area (TPSA) is 63.7 Å². The molecule has 1 fully saturated rings. The number of methoxy groups -OCH3 is 1. The van der Waals surface area contributed by atoms with Crippen LogP contribution in [0.1, 0.15) is 12.0 Å². The van der Waals surface area contributed by atoms with Gasteiger partial charge < -0.3 is 9.64 Å². The fourth-order valence-corrected chi connectivity index (χ4v) is 3.24. The minimum absolute atomic E-state index is 0.171. The SMILES string of the molecule is COCCN1CC(Cc2ccc(S(C)(=O)=O)cc2)CC1=O. The molecule has 0 spiro atoms. The number of benzene rings is 1. The van der Waals surface area contributed by atoms with E-state index in [1.807, 2.05) is 17.0 Å². The van der Waals surface area contributed by atoms with Gasteiger partial charge in [-0.2, -0.15) is 0 Å². The third kappa shape index (κ3) is 4.28. The number of hydrogen-bond acceptors (Lipinski definition) is 4. The van der Waals surface area contributed by atoms with Gasteiger partial charge in [-0.15, -0.1) is 0 Å². The van der Waals surface area contributed by atoms with Gasteiger partial charge in [0.05, 0.1) is 11.5 Å². The second-order valence-electron chi connectivity index (χ2n) is 5.52. The molecule has 1 heterocycles. The molecule has 0 bridgehead atoms. The van der Waals surface area contributed by atoms with Gasteiger partial charge >= 0.3 is 0 Å². The number of rotatable bonds is 6. The van der Waals surface area contributed by atoms with Crippen molar-refractivity contribution in [3.05, 3.63) is 29.8 Å². The molecule has 2 rings (SSSR count). The monoisotopic (exact) mass is 311 g/mol. The lowest BCUT2D eigenvalue weighted by atomic mass is 9.99. The van der Waals surface area contributed by atoms with Crippen molar-refractivity contribution in [1.29, 1.82) is 0 Å². The molecule has 1 amide bonds. The van der Waals surface area contributed by atoms with Crippen LogP contribution in [-0.2, 0) is 25.8 Å². The number of hydrogen-bond donors (Lipinski definition) is 0. The number of nitrogens with zero attached hydrogens (tertiary/aromatic N) is 1. The molecule has 0 aromatic heterocycles. The Morgan fingerprint density at radius 2 is 1.95 bits per heavy atom. The van der Waals surface area contributed by atoms with Crippen LogP contribution in [0.5, 0.6) is 0 Å². The lowest BCUT2D eigenvalue weighted by Gasteiger charge is -2.16. The van der Waals surface area contributed by atoms with E-state index in [0.29, 0.717) is 30.4 Å². The van der Waals surface area contributed by atoms with E-state index in [1.54, 1.807) is 19.2 Å². The van der Waals surface area contributed by atoms with E-state index in [1.165, 1.54) is 6.26 Å². The van der Waals surface area contributed by atoms with Crippen molar-refractivity contribution in [2.75, 3.05) is 33.1 Å². The molecule has 1 aromatic carbocycles. The number of ether oxygens (including phenoxy) is 1. The van der Waals surface area contributed by atoms with Crippen LogP contribution < -0.4 is 0 Å². The second kappa shape index (κ2) is 6.58. The highest BCUT2D eigenvalue weighted by Gasteiger charge is 2.29. The van der Waals surface area contributed by atoms with Gasteiger partial charge in [0.25, 0.3) is 0 Å². The zero-order valence-corrected chi connectivity index (χ0v) is 13.2. The van der Waals surface area contributed by atoms with Crippen LogP contribution in [0.15, 0.2) is 29.2 Å². The molecule has 0 radical (unpaired) electrons. The molecule has 1 aliphatic rings. The third-order valence-electron chi connectivity index (χ3n) is 3.74. The van der Waals surface area contributed by atoms with Crippen LogP contribution in [0.4, 0.5) is 0 Å². The van der Waals surface area contributed by atoms with Gasteiger partial charge in [-0.05, 0) is 30.0 Å². The quantitative estimate of drug-likeness (QED) is 0.790. The van der Waals surface area contributed by atoms with E-state index in [0.717, 1.165) is 18.5 Å². The molecule has 116 valence electrons. The highest BCUT2D eigenvalue weighted by atomic mass is 32.2. The smallest absolute Gasteiger partial charge is 0.223 e. The number of carbonyl (C=O) groups excluding carboxylic acids is 1. The number of carbonyl (C=O) groups is 1. The van der Waals surface area contributed by atoms with Gasteiger partial charge in [0.2, 0.25) is 5.91 Å². The third-order valence-corrected chi connectivity index (χ3v) is 4.86. The summed E-state index contributed by atoms with van der Waals surface area (Å²) in [5.41, 5.74) is 1.06. The van der Waals surface area contributed by atoms with Crippen LogP contribution in [0.25, 0.3) is 0 Å². The molecular weight excluding hydrogens is 290 g/mol. The first-order valence-electron chi connectivity index (χ1n) is 6.96. The lowest BCUT2D eigenvalue weighted by molar-refractivity contribution is -0.128. The van der Waals surface area contributed by atoms with Gasteiger partial charge in [0.15, 0.2) is 9.84 Å². The number of sulfone groups is 1. The van der Waals surface area contributed by atoms with Gasteiger partial charge in [0.1, 0.15) is 0 Å². The van der Waals surface area contributed by atoms with E-state index >= 15 is 0 Å². The minimum atomic E-state index is -3.15. The Labute approximate surface area is 125 Å². The van der Waals surface area contributed by atoms with Crippen molar-refractivity contribution in [2.45, 2.75) is 17.7 Å². The fraction of sp³-hybridized carbons (Fsp3) is 0.533. The molecule has 6 heteroatoms. The zero-order valence-electron chi connectivity index (χ0n) is 12.4. The maximum atomic E-state index is 11.9. The largest absolute Gasteiger partial charge is 0.383 e. The van der Waals surface area contributed by atoms with Crippen LogP contribution in [0, 0.1) is 5.92 Å². The normalized spacial score (nSPS) is 19.2. The van der Waals surface area contributed by atoms with Crippen LogP contribution in [-0.4, -0.2) is 52.3 Å².